The van der Waals surface area contributed by atoms with E-state index < -0.39 is 0 Å². The second-order valence-corrected chi connectivity index (χ2v) is 2.26. The van der Waals surface area contributed by atoms with Crippen molar-refractivity contribution in [3.63, 3.8) is 0 Å². The average Bonchev–Trinajstić information content (AvgIpc) is 2.15. The summed E-state index contributed by atoms with van der Waals surface area (Å²) in [6, 6.07) is 0. The van der Waals surface area contributed by atoms with Crippen molar-refractivity contribution in [3.8, 4) is 59.2 Å². The average molecular weight is 196 g/mol. The van der Waals surface area contributed by atoms with Gasteiger partial charge >= 0.3 is 0 Å². The van der Waals surface area contributed by atoms with Gasteiger partial charge < -0.3 is 0 Å². The maximum atomic E-state index is 10.3. The van der Waals surface area contributed by atoms with Crippen LogP contribution < -0.4 is 0 Å². The molecule has 0 aromatic rings. The molecule has 0 N–H and O–H groups in total. The summed E-state index contributed by atoms with van der Waals surface area (Å²) in [4.78, 5) is 10.3. The van der Waals surface area contributed by atoms with Crippen molar-refractivity contribution in [1.82, 2.24) is 0 Å². The van der Waals surface area contributed by atoms with Gasteiger partial charge in [-0.25, -0.2) is 0 Å². The molecule has 0 saturated heterocycles. The molecule has 0 aliphatic heterocycles. The van der Waals surface area contributed by atoms with Gasteiger partial charge in [0.15, 0.2) is 0 Å². The van der Waals surface area contributed by atoms with E-state index in [9.17, 15) is 4.79 Å². The first-order chi connectivity index (χ1) is 6.77. The van der Waals surface area contributed by atoms with Crippen LogP contribution in [0.25, 0.3) is 0 Å². The highest BCUT2D eigenvalue weighted by Gasteiger charge is 1.74. The van der Waals surface area contributed by atoms with Crippen LogP contribution in [-0.4, -0.2) is 5.52 Å². The molecule has 0 aromatic carbocycles. The Balaban J connectivity index is 4.19. The molecule has 0 amide bonds. The predicted octanol–water partition coefficient (Wildman–Crippen LogP) is 0.425. The molecule has 64 valence electrons. The van der Waals surface area contributed by atoms with Crippen molar-refractivity contribution in [1.29, 1.82) is 0 Å². The zero-order valence-electron chi connectivity index (χ0n) is 7.49. The molecule has 0 aliphatic rings. The fourth-order valence-electron chi connectivity index (χ4n) is 0.343. The number of carbonyl (C=O) groups excluding carboxylic acids is 1. The van der Waals surface area contributed by atoms with Gasteiger partial charge in [0.05, 0.1) is 0 Å². The highest BCUT2D eigenvalue weighted by atomic mass is 31.0. The summed E-state index contributed by atoms with van der Waals surface area (Å²) < 4.78 is 0. The van der Waals surface area contributed by atoms with Crippen LogP contribution in [0.1, 0.15) is 6.92 Å². The van der Waals surface area contributed by atoms with Gasteiger partial charge in [0.2, 0.25) is 5.52 Å². The van der Waals surface area contributed by atoms with Crippen LogP contribution in [0.2, 0.25) is 0 Å². The van der Waals surface area contributed by atoms with E-state index in [0.29, 0.717) is 0 Å². The van der Waals surface area contributed by atoms with E-state index >= 15 is 0 Å². The summed E-state index contributed by atoms with van der Waals surface area (Å²) in [5.74, 6) is 24.4. The van der Waals surface area contributed by atoms with Crippen molar-refractivity contribution in [2.45, 2.75) is 6.92 Å². The highest BCUT2D eigenvalue weighted by molar-refractivity contribution is 7.41. The Morgan fingerprint density at radius 1 is 0.857 bits per heavy atom. The van der Waals surface area contributed by atoms with Crippen LogP contribution in [0.4, 0.5) is 0 Å². The van der Waals surface area contributed by atoms with Crippen molar-refractivity contribution in [3.05, 3.63) is 0 Å². The summed E-state index contributed by atoms with van der Waals surface area (Å²) in [5.41, 5.74) is -0.301. The molecule has 1 atom stereocenters. The molecule has 1 unspecified atom stereocenters. The van der Waals surface area contributed by atoms with E-state index in [1.54, 1.807) is 6.92 Å². The number of hydrogen-bond donors (Lipinski definition) is 0. The lowest BCUT2D eigenvalue weighted by atomic mass is 10.5. The monoisotopic (exact) mass is 196 g/mol. The molecule has 14 heavy (non-hydrogen) atoms. The number of rotatable bonds is 0. The topological polar surface area (TPSA) is 17.1 Å². The lowest BCUT2D eigenvalue weighted by molar-refractivity contribution is -0.106. The first-order valence-electron chi connectivity index (χ1n) is 3.49. The Labute approximate surface area is 86.2 Å². The first-order valence-corrected chi connectivity index (χ1v) is 4.07. The van der Waals surface area contributed by atoms with E-state index in [1.165, 1.54) is 0 Å². The molecule has 0 fully saturated rings. The van der Waals surface area contributed by atoms with Crippen LogP contribution >= 0.6 is 9.24 Å². The quantitative estimate of drug-likeness (QED) is 0.405. The van der Waals surface area contributed by atoms with Gasteiger partial charge in [-0.05, 0) is 60.2 Å². The molecule has 0 bridgehead atoms. The third-order valence-electron chi connectivity index (χ3n) is 0.748. The molecule has 0 saturated carbocycles. The van der Waals surface area contributed by atoms with E-state index in [2.05, 4.69) is 59.2 Å². The Morgan fingerprint density at radius 3 is 1.71 bits per heavy atom. The van der Waals surface area contributed by atoms with Gasteiger partial charge in [-0.2, -0.15) is 0 Å². The molecule has 1 nitrogen and oxygen atoms in total. The largest absolute Gasteiger partial charge is 0.280 e. The Hall–Kier alpha value is -2.10. The van der Waals surface area contributed by atoms with Gasteiger partial charge in [0.25, 0.3) is 0 Å². The van der Waals surface area contributed by atoms with E-state index in [4.69, 9.17) is 0 Å². The maximum absolute atomic E-state index is 10.3. The van der Waals surface area contributed by atoms with Crippen molar-refractivity contribution < 1.29 is 4.79 Å². The van der Waals surface area contributed by atoms with Crippen LogP contribution in [-0.2, 0) is 4.79 Å². The Morgan fingerprint density at radius 2 is 1.29 bits per heavy atom. The maximum Gasteiger partial charge on any atom is 0.221 e. The lowest BCUT2D eigenvalue weighted by Crippen LogP contribution is -1.71. The molecule has 0 spiro atoms. The third kappa shape index (κ3) is 9.90. The normalized spacial score (nSPS) is 4.71. The fraction of sp³-hybridized carbons (Fsp3) is 0.0833. The molecular formula is C12H5OP. The SMILES string of the molecule is CC#CC#CC#CC#CC#CC(=O)P. The molecule has 2 heteroatoms. The van der Waals surface area contributed by atoms with Crippen LogP contribution in [0, 0.1) is 59.2 Å². The smallest absolute Gasteiger partial charge is 0.221 e. The van der Waals surface area contributed by atoms with E-state index in [0.717, 1.165) is 0 Å². The van der Waals surface area contributed by atoms with Crippen LogP contribution in [0.5, 0.6) is 0 Å². The zero-order chi connectivity index (χ0) is 10.6. The summed E-state index contributed by atoms with van der Waals surface area (Å²) in [7, 11) is 1.93. The molecule has 0 radical (unpaired) electrons. The molecular weight excluding hydrogens is 191 g/mol. The van der Waals surface area contributed by atoms with Gasteiger partial charge in [-0.1, -0.05) is 15.2 Å². The summed E-state index contributed by atoms with van der Waals surface area (Å²) in [6.45, 7) is 1.69. The Kier molecular flexibility index (Phi) is 7.64. The van der Waals surface area contributed by atoms with E-state index in [1.807, 2.05) is 9.24 Å². The standard InChI is InChI=1S/C12H5OP/c1-2-3-4-5-6-7-8-9-10-11-12(13)14/h14H2,1H3. The van der Waals surface area contributed by atoms with Crippen LogP contribution in [0.15, 0.2) is 0 Å². The van der Waals surface area contributed by atoms with Crippen LogP contribution in [0.3, 0.4) is 0 Å². The van der Waals surface area contributed by atoms with Crippen molar-refractivity contribution in [2.24, 2.45) is 0 Å². The van der Waals surface area contributed by atoms with Gasteiger partial charge in [-0.3, -0.25) is 4.79 Å². The molecule has 0 aromatic heterocycles. The van der Waals surface area contributed by atoms with E-state index in [-0.39, 0.29) is 5.52 Å². The minimum atomic E-state index is -0.301. The number of carbonyl (C=O) groups is 1. The minimum Gasteiger partial charge on any atom is -0.280 e. The Bertz CT molecular complexity index is 514. The second kappa shape index (κ2) is 8.99. The van der Waals surface area contributed by atoms with Crippen molar-refractivity contribution in [2.75, 3.05) is 0 Å². The third-order valence-corrected chi connectivity index (χ3v) is 0.893. The minimum absolute atomic E-state index is 0.301. The summed E-state index contributed by atoms with van der Waals surface area (Å²) in [5, 5.41) is 0. The first kappa shape index (κ1) is 11.9. The molecule has 0 heterocycles. The van der Waals surface area contributed by atoms with Gasteiger partial charge in [-0.15, -0.1) is 0 Å². The van der Waals surface area contributed by atoms with Gasteiger partial charge in [0.1, 0.15) is 0 Å². The fourth-order valence-corrected chi connectivity index (χ4v) is 0.415. The van der Waals surface area contributed by atoms with Gasteiger partial charge in [0, 0.05) is 0 Å². The summed E-state index contributed by atoms with van der Waals surface area (Å²) >= 11 is 0. The number of hydrogen-bond acceptors (Lipinski definition) is 1. The van der Waals surface area contributed by atoms with Crippen molar-refractivity contribution >= 4 is 14.8 Å². The highest BCUT2D eigenvalue weighted by Crippen LogP contribution is 1.77. The molecule has 0 rings (SSSR count). The predicted molar refractivity (Wildman–Crippen MR) is 59.3 cm³/mol. The zero-order valence-corrected chi connectivity index (χ0v) is 8.64. The molecule has 0 aliphatic carbocycles. The second-order valence-electron chi connectivity index (χ2n) is 1.74. The summed E-state index contributed by atoms with van der Waals surface area (Å²) in [6.07, 6.45) is 0. The lowest BCUT2D eigenvalue weighted by Gasteiger charge is -1.62.